The number of aliphatic hydroxyl groups excluding tert-OH is 1. The van der Waals surface area contributed by atoms with Crippen molar-refractivity contribution in [1.82, 2.24) is 0 Å². The van der Waals surface area contributed by atoms with E-state index in [4.69, 9.17) is 9.57 Å². The molecule has 5 atom stereocenters. The van der Waals surface area contributed by atoms with Gasteiger partial charge in [0.2, 0.25) is 0 Å². The molecule has 0 spiro atoms. The van der Waals surface area contributed by atoms with Gasteiger partial charge in [-0.15, -0.1) is 0 Å². The van der Waals surface area contributed by atoms with Gasteiger partial charge in [0.25, 0.3) is 0 Å². The van der Waals surface area contributed by atoms with Crippen LogP contribution in [0.1, 0.15) is 69.4 Å². The van der Waals surface area contributed by atoms with E-state index in [1.807, 2.05) is 13.0 Å². The standard InChI is InChI=1S/C22H31NO4/c1-4-27-20-12-15-13-9-10-22(2)17(6-8-21(22)25)14(13)5-7-18(23-26-3)16(15)11-19(20)24/h11-14,17,21,24-25H,4-10H2,1-3H3/b23-18-/t13?,14?,17?,21-,22-/m0/s1. The van der Waals surface area contributed by atoms with Gasteiger partial charge in [0.1, 0.15) is 7.11 Å². The number of oxime groups is 1. The van der Waals surface area contributed by atoms with Crippen LogP contribution in [0, 0.1) is 17.3 Å². The van der Waals surface area contributed by atoms with Gasteiger partial charge in [0.15, 0.2) is 11.5 Å². The van der Waals surface area contributed by atoms with Crippen molar-refractivity contribution in [2.45, 2.75) is 64.4 Å². The number of ether oxygens (including phenoxy) is 1. The van der Waals surface area contributed by atoms with Crippen molar-refractivity contribution in [2.75, 3.05) is 13.7 Å². The lowest BCUT2D eigenvalue weighted by molar-refractivity contribution is -0.0197. The van der Waals surface area contributed by atoms with Crippen LogP contribution in [0.5, 0.6) is 11.5 Å². The first-order valence-corrected chi connectivity index (χ1v) is 10.3. The monoisotopic (exact) mass is 373 g/mol. The van der Waals surface area contributed by atoms with Gasteiger partial charge in [-0.3, -0.25) is 0 Å². The molecule has 0 saturated heterocycles. The lowest BCUT2D eigenvalue weighted by atomic mass is 9.58. The Morgan fingerprint density at radius 1 is 1.22 bits per heavy atom. The summed E-state index contributed by atoms with van der Waals surface area (Å²) in [6, 6.07) is 3.83. The number of aliphatic hydroxyl groups is 1. The molecule has 0 aromatic heterocycles. The minimum Gasteiger partial charge on any atom is -0.504 e. The Kier molecular flexibility index (Phi) is 4.83. The van der Waals surface area contributed by atoms with Crippen molar-refractivity contribution in [1.29, 1.82) is 0 Å². The molecule has 0 aliphatic heterocycles. The number of benzene rings is 1. The molecule has 0 bridgehead atoms. The molecule has 0 radical (unpaired) electrons. The number of nitrogens with zero attached hydrogens (tertiary/aromatic N) is 1. The summed E-state index contributed by atoms with van der Waals surface area (Å²) in [5.74, 6) is 2.17. The van der Waals surface area contributed by atoms with Crippen LogP contribution in [0.3, 0.4) is 0 Å². The molecule has 2 saturated carbocycles. The van der Waals surface area contributed by atoms with E-state index in [0.29, 0.717) is 30.1 Å². The van der Waals surface area contributed by atoms with Crippen LogP contribution in [0.15, 0.2) is 17.3 Å². The summed E-state index contributed by atoms with van der Waals surface area (Å²) < 4.78 is 5.68. The van der Waals surface area contributed by atoms with Gasteiger partial charge in [0, 0.05) is 5.56 Å². The fourth-order valence-electron chi connectivity index (χ4n) is 6.10. The zero-order chi connectivity index (χ0) is 19.2. The van der Waals surface area contributed by atoms with Crippen LogP contribution >= 0.6 is 0 Å². The number of aromatic hydroxyl groups is 1. The summed E-state index contributed by atoms with van der Waals surface area (Å²) in [7, 11) is 1.57. The number of rotatable bonds is 3. The Labute approximate surface area is 161 Å². The van der Waals surface area contributed by atoms with Crippen LogP contribution in [-0.4, -0.2) is 35.7 Å². The fraction of sp³-hybridized carbons (Fsp3) is 0.682. The minimum absolute atomic E-state index is 0.0316. The number of hydrogen-bond donors (Lipinski definition) is 2. The number of hydrogen-bond acceptors (Lipinski definition) is 5. The van der Waals surface area contributed by atoms with E-state index in [1.54, 1.807) is 13.2 Å². The fourth-order valence-corrected chi connectivity index (χ4v) is 6.10. The third-order valence-corrected chi connectivity index (χ3v) is 7.44. The minimum atomic E-state index is -0.183. The largest absolute Gasteiger partial charge is 0.504 e. The van der Waals surface area contributed by atoms with Crippen LogP contribution in [0.25, 0.3) is 0 Å². The predicted molar refractivity (Wildman–Crippen MR) is 104 cm³/mol. The zero-order valence-corrected chi connectivity index (χ0v) is 16.6. The Morgan fingerprint density at radius 2 is 2.04 bits per heavy atom. The summed E-state index contributed by atoms with van der Waals surface area (Å²) in [4.78, 5) is 5.12. The SMILES string of the molecule is CCOc1cc2c(cc1O)/C(=N\OC)CCC1C2CC[C@@]2(C)C1CC[C@@H]2O. The van der Waals surface area contributed by atoms with Crippen molar-refractivity contribution < 1.29 is 19.8 Å². The van der Waals surface area contributed by atoms with Crippen LogP contribution in [0.2, 0.25) is 0 Å². The average molecular weight is 373 g/mol. The van der Waals surface area contributed by atoms with Crippen LogP contribution in [-0.2, 0) is 4.84 Å². The van der Waals surface area contributed by atoms with E-state index in [9.17, 15) is 10.2 Å². The van der Waals surface area contributed by atoms with Gasteiger partial charge in [-0.05, 0) is 86.3 Å². The molecule has 5 heteroatoms. The van der Waals surface area contributed by atoms with Gasteiger partial charge in [-0.25, -0.2) is 0 Å². The van der Waals surface area contributed by atoms with Crippen molar-refractivity contribution in [3.8, 4) is 11.5 Å². The summed E-state index contributed by atoms with van der Waals surface area (Å²) in [5, 5.41) is 25.4. The molecule has 1 aromatic rings. The number of phenolic OH excluding ortho intramolecular Hbond substituents is 1. The highest BCUT2D eigenvalue weighted by atomic mass is 16.6. The van der Waals surface area contributed by atoms with Crippen molar-refractivity contribution in [3.05, 3.63) is 23.3 Å². The lowest BCUT2D eigenvalue weighted by Crippen LogP contribution is -2.42. The highest BCUT2D eigenvalue weighted by Crippen LogP contribution is 2.60. The van der Waals surface area contributed by atoms with E-state index in [0.717, 1.165) is 49.8 Å². The van der Waals surface area contributed by atoms with Crippen molar-refractivity contribution >= 4 is 5.71 Å². The molecule has 148 valence electrons. The molecular weight excluding hydrogens is 342 g/mol. The first-order valence-electron chi connectivity index (χ1n) is 10.3. The number of fused-ring (bicyclic) bond motifs is 5. The molecule has 27 heavy (non-hydrogen) atoms. The second kappa shape index (κ2) is 7.01. The first kappa shape index (κ1) is 18.6. The van der Waals surface area contributed by atoms with Crippen LogP contribution < -0.4 is 4.74 Å². The van der Waals surface area contributed by atoms with Gasteiger partial charge in [-0.2, -0.15) is 0 Å². The second-order valence-corrected chi connectivity index (χ2v) is 8.61. The maximum absolute atomic E-state index is 10.6. The molecule has 0 amide bonds. The van der Waals surface area contributed by atoms with Gasteiger partial charge in [-0.1, -0.05) is 12.1 Å². The normalized spacial score (nSPS) is 36.5. The molecule has 5 nitrogen and oxygen atoms in total. The lowest BCUT2D eigenvalue weighted by Gasteiger charge is -2.47. The first-order chi connectivity index (χ1) is 13.0. The van der Waals surface area contributed by atoms with E-state index in [1.165, 1.54) is 5.56 Å². The zero-order valence-electron chi connectivity index (χ0n) is 16.6. The summed E-state index contributed by atoms with van der Waals surface area (Å²) in [6.45, 7) is 4.73. The van der Waals surface area contributed by atoms with Crippen molar-refractivity contribution in [2.24, 2.45) is 22.4 Å². The third kappa shape index (κ3) is 2.91. The third-order valence-electron chi connectivity index (χ3n) is 7.44. The number of phenols is 1. The summed E-state index contributed by atoms with van der Waals surface area (Å²) >= 11 is 0. The summed E-state index contributed by atoms with van der Waals surface area (Å²) in [5.41, 5.74) is 3.15. The maximum Gasteiger partial charge on any atom is 0.161 e. The molecule has 3 aliphatic carbocycles. The molecule has 3 aliphatic rings. The van der Waals surface area contributed by atoms with Crippen LogP contribution in [0.4, 0.5) is 0 Å². The second-order valence-electron chi connectivity index (χ2n) is 8.61. The van der Waals surface area contributed by atoms with Gasteiger partial charge in [0.05, 0.1) is 18.4 Å². The van der Waals surface area contributed by atoms with E-state index in [-0.39, 0.29) is 17.3 Å². The highest BCUT2D eigenvalue weighted by molar-refractivity contribution is 6.02. The Bertz CT molecular complexity index is 746. The van der Waals surface area contributed by atoms with Crippen molar-refractivity contribution in [3.63, 3.8) is 0 Å². The quantitative estimate of drug-likeness (QED) is 0.779. The molecule has 4 rings (SSSR count). The Hall–Kier alpha value is -1.75. The van der Waals surface area contributed by atoms with Gasteiger partial charge >= 0.3 is 0 Å². The maximum atomic E-state index is 10.6. The molecule has 2 fully saturated rings. The predicted octanol–water partition coefficient (Wildman–Crippen LogP) is 4.21. The average Bonchev–Trinajstić information content (AvgIpc) is 2.87. The summed E-state index contributed by atoms with van der Waals surface area (Å²) in [6.07, 6.45) is 5.80. The highest BCUT2D eigenvalue weighted by Gasteiger charge is 2.54. The van der Waals surface area contributed by atoms with E-state index < -0.39 is 0 Å². The van der Waals surface area contributed by atoms with Gasteiger partial charge < -0.3 is 19.8 Å². The van der Waals surface area contributed by atoms with E-state index >= 15 is 0 Å². The Balaban J connectivity index is 1.81. The topological polar surface area (TPSA) is 71.3 Å². The molecule has 2 N–H and O–H groups in total. The van der Waals surface area contributed by atoms with E-state index in [2.05, 4.69) is 12.1 Å². The molecule has 3 unspecified atom stereocenters. The molecule has 0 heterocycles. The Morgan fingerprint density at radius 3 is 2.78 bits per heavy atom. The molecular formula is C22H31NO4. The molecule has 1 aromatic carbocycles. The smallest absolute Gasteiger partial charge is 0.161 e.